The number of carbonyl (C=O) groups excluding carboxylic acids is 1. The number of hydrogen-bond acceptors (Lipinski definition) is 5. The standard InChI is InChI=1S/C20H23N5O2/c1-13-8-21-25(9-13)19-18(14(2)22-24(19)4)20(26)27-12-15-5-6-16-10-23(3)11-17(16)7-15/h5-9H,10-12H2,1-4H3. The normalized spacial score (nSPS) is 13.8. The minimum atomic E-state index is -0.388. The molecule has 140 valence electrons. The van der Waals surface area contributed by atoms with Gasteiger partial charge >= 0.3 is 5.97 Å². The first kappa shape index (κ1) is 17.5. The quantitative estimate of drug-likeness (QED) is 0.665. The fraction of sp³-hybridized carbons (Fsp3) is 0.350. The molecule has 3 heterocycles. The van der Waals surface area contributed by atoms with Crippen molar-refractivity contribution in [3.05, 3.63) is 64.1 Å². The lowest BCUT2D eigenvalue weighted by Crippen LogP contribution is -2.12. The van der Waals surface area contributed by atoms with Crippen LogP contribution in [0.25, 0.3) is 5.82 Å². The number of aromatic nitrogens is 4. The predicted octanol–water partition coefficient (Wildman–Crippen LogP) is 2.53. The second kappa shape index (κ2) is 6.66. The van der Waals surface area contributed by atoms with Gasteiger partial charge in [0.25, 0.3) is 0 Å². The molecule has 0 aliphatic carbocycles. The number of nitrogens with zero attached hydrogens (tertiary/aromatic N) is 5. The number of benzene rings is 1. The van der Waals surface area contributed by atoms with E-state index in [0.717, 1.165) is 24.2 Å². The fourth-order valence-electron chi connectivity index (χ4n) is 3.61. The third-order valence-corrected chi connectivity index (χ3v) is 4.85. The molecule has 27 heavy (non-hydrogen) atoms. The Labute approximate surface area is 158 Å². The van der Waals surface area contributed by atoms with E-state index in [9.17, 15) is 4.79 Å². The highest BCUT2D eigenvalue weighted by Gasteiger charge is 2.24. The zero-order valence-electron chi connectivity index (χ0n) is 16.1. The van der Waals surface area contributed by atoms with Crippen LogP contribution in [0.4, 0.5) is 0 Å². The van der Waals surface area contributed by atoms with Crippen molar-refractivity contribution in [3.63, 3.8) is 0 Å². The van der Waals surface area contributed by atoms with Gasteiger partial charge < -0.3 is 4.74 Å². The van der Waals surface area contributed by atoms with Crippen LogP contribution in [0.1, 0.15) is 38.3 Å². The van der Waals surface area contributed by atoms with Gasteiger partial charge in [0.2, 0.25) is 0 Å². The van der Waals surface area contributed by atoms with Crippen molar-refractivity contribution >= 4 is 5.97 Å². The average molecular weight is 365 g/mol. The molecule has 0 radical (unpaired) electrons. The number of esters is 1. The lowest BCUT2D eigenvalue weighted by atomic mass is 10.1. The second-order valence-corrected chi connectivity index (χ2v) is 7.22. The minimum Gasteiger partial charge on any atom is -0.457 e. The van der Waals surface area contributed by atoms with Crippen molar-refractivity contribution in [1.82, 2.24) is 24.5 Å². The number of carbonyl (C=O) groups is 1. The van der Waals surface area contributed by atoms with Gasteiger partial charge in [-0.15, -0.1) is 0 Å². The van der Waals surface area contributed by atoms with E-state index >= 15 is 0 Å². The van der Waals surface area contributed by atoms with E-state index in [1.165, 1.54) is 11.1 Å². The lowest BCUT2D eigenvalue weighted by molar-refractivity contribution is 0.0471. The van der Waals surface area contributed by atoms with Crippen molar-refractivity contribution in [2.45, 2.75) is 33.5 Å². The summed E-state index contributed by atoms with van der Waals surface area (Å²) in [6.45, 7) is 5.90. The number of hydrogen-bond donors (Lipinski definition) is 0. The molecule has 3 aromatic rings. The van der Waals surface area contributed by atoms with E-state index < -0.39 is 0 Å². The van der Waals surface area contributed by atoms with E-state index in [2.05, 4.69) is 34.3 Å². The summed E-state index contributed by atoms with van der Waals surface area (Å²) in [7, 11) is 3.90. The molecule has 0 spiro atoms. The Balaban J connectivity index is 1.55. The summed E-state index contributed by atoms with van der Waals surface area (Å²) in [4.78, 5) is 15.1. The average Bonchev–Trinajstić information content (AvgIpc) is 3.28. The van der Waals surface area contributed by atoms with Crippen LogP contribution in [0.5, 0.6) is 0 Å². The molecule has 4 rings (SSSR count). The van der Waals surface area contributed by atoms with Crippen LogP contribution >= 0.6 is 0 Å². The van der Waals surface area contributed by atoms with Gasteiger partial charge in [-0.1, -0.05) is 18.2 Å². The van der Waals surface area contributed by atoms with Crippen LogP contribution in [-0.4, -0.2) is 37.5 Å². The third-order valence-electron chi connectivity index (χ3n) is 4.85. The van der Waals surface area contributed by atoms with Crippen molar-refractivity contribution in [2.24, 2.45) is 7.05 Å². The van der Waals surface area contributed by atoms with E-state index in [1.807, 2.05) is 26.1 Å². The SMILES string of the molecule is Cc1cnn(-c2c(C(=O)OCc3ccc4c(c3)CN(C)C4)c(C)nn2C)c1. The molecule has 1 aromatic carbocycles. The smallest absolute Gasteiger partial charge is 0.344 e. The first-order chi connectivity index (χ1) is 12.9. The van der Waals surface area contributed by atoms with Gasteiger partial charge in [0, 0.05) is 26.3 Å². The Bertz CT molecular complexity index is 1020. The van der Waals surface area contributed by atoms with E-state index in [4.69, 9.17) is 4.74 Å². The van der Waals surface area contributed by atoms with E-state index in [-0.39, 0.29) is 12.6 Å². The maximum absolute atomic E-state index is 12.8. The van der Waals surface area contributed by atoms with Gasteiger partial charge in [-0.2, -0.15) is 10.2 Å². The number of rotatable bonds is 4. The molecule has 1 aliphatic heterocycles. The lowest BCUT2D eigenvalue weighted by Gasteiger charge is -2.09. The zero-order valence-corrected chi connectivity index (χ0v) is 16.1. The summed E-state index contributed by atoms with van der Waals surface area (Å²) in [5.74, 6) is 0.225. The Morgan fingerprint density at radius 2 is 1.96 bits per heavy atom. The van der Waals surface area contributed by atoms with Gasteiger partial charge in [-0.05, 0) is 43.1 Å². The summed E-state index contributed by atoms with van der Waals surface area (Å²) in [5, 5.41) is 8.69. The third kappa shape index (κ3) is 3.26. The largest absolute Gasteiger partial charge is 0.457 e. The molecule has 0 bridgehead atoms. The highest BCUT2D eigenvalue weighted by molar-refractivity contribution is 5.94. The number of ether oxygens (including phenoxy) is 1. The Hall–Kier alpha value is -2.93. The summed E-state index contributed by atoms with van der Waals surface area (Å²) in [6.07, 6.45) is 3.61. The molecule has 0 saturated heterocycles. The molecule has 0 atom stereocenters. The molecule has 7 heteroatoms. The van der Waals surface area contributed by atoms with Crippen LogP contribution < -0.4 is 0 Å². The summed E-state index contributed by atoms with van der Waals surface area (Å²) < 4.78 is 8.94. The Kier molecular flexibility index (Phi) is 4.31. The number of aryl methyl sites for hydroxylation is 3. The Morgan fingerprint density at radius 3 is 2.70 bits per heavy atom. The molecular formula is C20H23N5O2. The predicted molar refractivity (Wildman–Crippen MR) is 101 cm³/mol. The van der Waals surface area contributed by atoms with Gasteiger partial charge in [0.05, 0.1) is 11.9 Å². The van der Waals surface area contributed by atoms with E-state index in [1.54, 1.807) is 22.6 Å². The van der Waals surface area contributed by atoms with Gasteiger partial charge in [0.1, 0.15) is 12.2 Å². The first-order valence-corrected chi connectivity index (χ1v) is 8.94. The fourth-order valence-corrected chi connectivity index (χ4v) is 3.61. The second-order valence-electron chi connectivity index (χ2n) is 7.22. The monoisotopic (exact) mass is 365 g/mol. The molecule has 7 nitrogen and oxygen atoms in total. The van der Waals surface area contributed by atoms with Crippen LogP contribution in [0.15, 0.2) is 30.6 Å². The van der Waals surface area contributed by atoms with E-state index in [0.29, 0.717) is 17.1 Å². The van der Waals surface area contributed by atoms with Gasteiger partial charge in [-0.3, -0.25) is 4.90 Å². The molecule has 0 N–H and O–H groups in total. The molecule has 0 amide bonds. The first-order valence-electron chi connectivity index (χ1n) is 8.94. The van der Waals surface area contributed by atoms with Crippen LogP contribution in [0.2, 0.25) is 0 Å². The van der Waals surface area contributed by atoms with Crippen LogP contribution in [0.3, 0.4) is 0 Å². The zero-order chi connectivity index (χ0) is 19.1. The van der Waals surface area contributed by atoms with Crippen molar-refractivity contribution in [2.75, 3.05) is 7.05 Å². The van der Waals surface area contributed by atoms with Crippen molar-refractivity contribution in [1.29, 1.82) is 0 Å². The maximum Gasteiger partial charge on any atom is 0.344 e. The summed E-state index contributed by atoms with van der Waals surface area (Å²) in [6, 6.07) is 6.27. The molecular weight excluding hydrogens is 342 g/mol. The maximum atomic E-state index is 12.8. The molecule has 1 aliphatic rings. The summed E-state index contributed by atoms with van der Waals surface area (Å²) in [5.41, 5.74) is 5.72. The van der Waals surface area contributed by atoms with Crippen molar-refractivity contribution in [3.8, 4) is 5.82 Å². The molecule has 0 saturated carbocycles. The van der Waals surface area contributed by atoms with Crippen LogP contribution in [0, 0.1) is 13.8 Å². The number of fused-ring (bicyclic) bond motifs is 1. The highest BCUT2D eigenvalue weighted by atomic mass is 16.5. The molecule has 0 fully saturated rings. The van der Waals surface area contributed by atoms with Crippen molar-refractivity contribution < 1.29 is 9.53 Å². The Morgan fingerprint density at radius 1 is 1.19 bits per heavy atom. The van der Waals surface area contributed by atoms with Crippen LogP contribution in [-0.2, 0) is 31.5 Å². The molecule has 2 aromatic heterocycles. The highest BCUT2D eigenvalue weighted by Crippen LogP contribution is 2.24. The van der Waals surface area contributed by atoms with Gasteiger partial charge in [-0.25, -0.2) is 14.2 Å². The summed E-state index contributed by atoms with van der Waals surface area (Å²) >= 11 is 0. The topological polar surface area (TPSA) is 65.2 Å². The van der Waals surface area contributed by atoms with Gasteiger partial charge in [0.15, 0.2) is 5.82 Å². The minimum absolute atomic E-state index is 0.238. The molecule has 0 unspecified atom stereocenters.